The first-order valence-electron chi connectivity index (χ1n) is 14.7. The van der Waals surface area contributed by atoms with Crippen molar-refractivity contribution < 1.29 is 27.9 Å². The fraction of sp³-hybridized carbons (Fsp3) is 0.314. The molecular weight excluding hydrogens is 627 g/mol. The maximum Gasteiger partial charge on any atom is 0.327 e. The highest BCUT2D eigenvalue weighted by atomic mass is 32.2. The number of anilines is 1. The molecule has 1 aromatic heterocycles. The van der Waals surface area contributed by atoms with Crippen molar-refractivity contribution in [3.8, 4) is 16.2 Å². The Morgan fingerprint density at radius 3 is 2.33 bits per heavy atom. The number of ketones is 1. The SMILES string of the molecule is Cc1cc(SC2C(=O)CC(C)(CCc3ccc(O)cc3)OC2=O)c(C(C)(C)C)cc1NS(=O)(=O)c1ccc(-c2cccs2)cc1. The molecule has 1 aliphatic rings. The Bertz CT molecular complexity index is 1790. The molecule has 2 atom stereocenters. The number of carbonyl (C=O) groups is 2. The van der Waals surface area contributed by atoms with Gasteiger partial charge < -0.3 is 9.84 Å². The summed E-state index contributed by atoms with van der Waals surface area (Å²) in [6.07, 6.45) is 1.17. The number of phenols is 1. The minimum absolute atomic E-state index is 0.0987. The average molecular weight is 664 g/mol. The van der Waals surface area contributed by atoms with Crippen molar-refractivity contribution in [3.05, 3.63) is 94.9 Å². The predicted octanol–water partition coefficient (Wildman–Crippen LogP) is 7.90. The highest BCUT2D eigenvalue weighted by Crippen LogP contribution is 2.42. The molecule has 1 saturated heterocycles. The van der Waals surface area contributed by atoms with E-state index in [2.05, 4.69) is 4.72 Å². The lowest BCUT2D eigenvalue weighted by atomic mass is 9.86. The Balaban J connectivity index is 1.33. The van der Waals surface area contributed by atoms with Crippen molar-refractivity contribution in [2.75, 3.05) is 4.72 Å². The lowest BCUT2D eigenvalue weighted by Crippen LogP contribution is -2.47. The predicted molar refractivity (Wildman–Crippen MR) is 181 cm³/mol. The number of thioether (sulfide) groups is 1. The first-order chi connectivity index (χ1) is 21.1. The van der Waals surface area contributed by atoms with Crippen LogP contribution in [0.5, 0.6) is 5.75 Å². The Kier molecular flexibility index (Phi) is 9.22. The monoisotopic (exact) mass is 663 g/mol. The van der Waals surface area contributed by atoms with Gasteiger partial charge in [0.1, 0.15) is 11.4 Å². The van der Waals surface area contributed by atoms with E-state index in [0.717, 1.165) is 38.2 Å². The number of hydrogen-bond acceptors (Lipinski definition) is 8. The second-order valence-electron chi connectivity index (χ2n) is 12.7. The van der Waals surface area contributed by atoms with Gasteiger partial charge in [-0.15, -0.1) is 23.1 Å². The molecule has 10 heteroatoms. The van der Waals surface area contributed by atoms with Crippen LogP contribution in [0.2, 0.25) is 0 Å². The van der Waals surface area contributed by atoms with Gasteiger partial charge in [-0.1, -0.05) is 51.1 Å². The summed E-state index contributed by atoms with van der Waals surface area (Å²) >= 11 is 2.75. The van der Waals surface area contributed by atoms with Crippen LogP contribution in [0.4, 0.5) is 5.69 Å². The molecule has 5 rings (SSSR count). The summed E-state index contributed by atoms with van der Waals surface area (Å²) < 4.78 is 35.4. The lowest BCUT2D eigenvalue weighted by molar-refractivity contribution is -0.167. The zero-order chi connectivity index (χ0) is 32.6. The first kappa shape index (κ1) is 32.8. The summed E-state index contributed by atoms with van der Waals surface area (Å²) in [7, 11) is -3.88. The van der Waals surface area contributed by atoms with Crippen LogP contribution in [0.1, 0.15) is 57.2 Å². The normalized spacial score (nSPS) is 18.9. The third-order valence-corrected chi connectivity index (χ3v) is 11.5. The Morgan fingerprint density at radius 2 is 1.73 bits per heavy atom. The number of nitrogens with one attached hydrogen (secondary N) is 1. The molecule has 2 unspecified atom stereocenters. The number of esters is 1. The van der Waals surface area contributed by atoms with Gasteiger partial charge in [0, 0.05) is 16.2 Å². The minimum Gasteiger partial charge on any atom is -0.508 e. The van der Waals surface area contributed by atoms with E-state index in [0.29, 0.717) is 24.1 Å². The Labute approximate surface area is 273 Å². The van der Waals surface area contributed by atoms with Crippen LogP contribution in [0.15, 0.2) is 88.0 Å². The molecule has 2 heterocycles. The van der Waals surface area contributed by atoms with E-state index in [1.807, 2.05) is 56.5 Å². The molecule has 0 spiro atoms. The Morgan fingerprint density at radius 1 is 1.04 bits per heavy atom. The third kappa shape index (κ3) is 7.62. The maximum absolute atomic E-state index is 13.4. The van der Waals surface area contributed by atoms with Crippen LogP contribution >= 0.6 is 23.1 Å². The summed E-state index contributed by atoms with van der Waals surface area (Å²) in [6.45, 7) is 9.60. The standard InChI is InChI=1S/C35H37NO6S3/c1-22-19-31(44-32-29(38)21-35(5,42-33(32)39)17-16-23-8-12-25(37)13-9-23)27(34(2,3)4)20-28(22)36-45(40,41)26-14-10-24(11-15-26)30-7-6-18-43-30/h6-15,18-20,32,36-37H,16-17,21H2,1-5H3. The van der Waals surface area contributed by atoms with Gasteiger partial charge >= 0.3 is 5.97 Å². The van der Waals surface area contributed by atoms with E-state index in [1.165, 1.54) is 0 Å². The molecule has 4 aromatic rings. The molecule has 2 N–H and O–H groups in total. The van der Waals surface area contributed by atoms with E-state index in [1.54, 1.807) is 67.6 Å². The average Bonchev–Trinajstić information content (AvgIpc) is 3.51. The molecule has 7 nitrogen and oxygen atoms in total. The van der Waals surface area contributed by atoms with E-state index in [-0.39, 0.29) is 22.8 Å². The quantitative estimate of drug-likeness (QED) is 0.138. The molecule has 236 valence electrons. The largest absolute Gasteiger partial charge is 0.508 e. The molecular formula is C35H37NO6S3. The van der Waals surface area contributed by atoms with Crippen molar-refractivity contribution in [1.29, 1.82) is 0 Å². The Hall–Kier alpha value is -3.60. The second-order valence-corrected chi connectivity index (χ2v) is 16.5. The summed E-state index contributed by atoms with van der Waals surface area (Å²) in [5.41, 5.74) is 2.50. The zero-order valence-corrected chi connectivity index (χ0v) is 28.4. The van der Waals surface area contributed by atoms with E-state index < -0.39 is 32.3 Å². The first-order valence-corrected chi connectivity index (χ1v) is 17.9. The molecule has 0 aliphatic carbocycles. The van der Waals surface area contributed by atoms with Crippen LogP contribution < -0.4 is 4.72 Å². The molecule has 0 amide bonds. The second kappa shape index (κ2) is 12.7. The topological polar surface area (TPSA) is 110 Å². The van der Waals surface area contributed by atoms with Crippen molar-refractivity contribution >= 4 is 50.6 Å². The van der Waals surface area contributed by atoms with Gasteiger partial charge in [-0.3, -0.25) is 14.3 Å². The number of carbonyl (C=O) groups excluding carboxylic acids is 2. The van der Waals surface area contributed by atoms with Crippen LogP contribution in [-0.2, 0) is 36.2 Å². The molecule has 0 bridgehead atoms. The molecule has 0 radical (unpaired) electrons. The van der Waals surface area contributed by atoms with Gasteiger partial charge in [0.05, 0.1) is 10.6 Å². The number of benzene rings is 3. The zero-order valence-electron chi connectivity index (χ0n) is 25.9. The summed E-state index contributed by atoms with van der Waals surface area (Å²) in [5, 5.41) is 10.5. The number of rotatable bonds is 9. The van der Waals surface area contributed by atoms with Gasteiger partial charge in [-0.25, -0.2) is 8.42 Å². The fourth-order valence-electron chi connectivity index (χ4n) is 5.30. The highest BCUT2D eigenvalue weighted by Gasteiger charge is 2.45. The summed E-state index contributed by atoms with van der Waals surface area (Å²) in [5.74, 6) is -0.588. The number of thiophene rings is 1. The number of phenolic OH excluding ortho intramolecular Hbond substituents is 1. The van der Waals surface area contributed by atoms with E-state index in [9.17, 15) is 23.1 Å². The van der Waals surface area contributed by atoms with Gasteiger partial charge in [-0.2, -0.15) is 0 Å². The number of Topliss-reactive ketones (excluding diaryl/α,β-unsaturated/α-hetero) is 1. The van der Waals surface area contributed by atoms with E-state index in [4.69, 9.17) is 4.74 Å². The number of cyclic esters (lactones) is 1. The number of sulfonamides is 1. The molecule has 1 fully saturated rings. The lowest BCUT2D eigenvalue weighted by Gasteiger charge is -2.36. The number of aromatic hydroxyl groups is 1. The molecule has 0 saturated carbocycles. The van der Waals surface area contributed by atoms with Gasteiger partial charge in [0.25, 0.3) is 10.0 Å². The van der Waals surface area contributed by atoms with Crippen molar-refractivity contribution in [1.82, 2.24) is 0 Å². The maximum atomic E-state index is 13.4. The molecule has 1 aliphatic heterocycles. The van der Waals surface area contributed by atoms with Crippen LogP contribution in [0.25, 0.3) is 10.4 Å². The fourth-order valence-corrected chi connectivity index (χ4v) is 8.50. The number of hydrogen-bond donors (Lipinski definition) is 2. The smallest absolute Gasteiger partial charge is 0.327 e. The van der Waals surface area contributed by atoms with Crippen molar-refractivity contribution in [3.63, 3.8) is 0 Å². The summed E-state index contributed by atoms with van der Waals surface area (Å²) in [4.78, 5) is 28.6. The number of aryl methyl sites for hydroxylation is 2. The van der Waals surface area contributed by atoms with Crippen LogP contribution in [-0.4, -0.2) is 36.1 Å². The van der Waals surface area contributed by atoms with Gasteiger partial charge in [-0.05, 0) is 102 Å². The molecule has 3 aromatic carbocycles. The van der Waals surface area contributed by atoms with Crippen LogP contribution in [0.3, 0.4) is 0 Å². The van der Waals surface area contributed by atoms with E-state index >= 15 is 0 Å². The highest BCUT2D eigenvalue weighted by molar-refractivity contribution is 8.01. The third-order valence-electron chi connectivity index (χ3n) is 7.87. The van der Waals surface area contributed by atoms with Crippen LogP contribution in [0, 0.1) is 6.92 Å². The van der Waals surface area contributed by atoms with Crippen molar-refractivity contribution in [2.45, 2.75) is 79.9 Å². The summed E-state index contributed by atoms with van der Waals surface area (Å²) in [6, 6.07) is 21.2. The molecule has 45 heavy (non-hydrogen) atoms. The van der Waals surface area contributed by atoms with Crippen molar-refractivity contribution in [2.24, 2.45) is 0 Å². The number of ether oxygens (including phenoxy) is 1. The minimum atomic E-state index is -3.88. The van der Waals surface area contributed by atoms with Gasteiger partial charge in [0.15, 0.2) is 11.0 Å². The van der Waals surface area contributed by atoms with Gasteiger partial charge in [0.2, 0.25) is 0 Å².